The summed E-state index contributed by atoms with van der Waals surface area (Å²) in [7, 11) is 0. The summed E-state index contributed by atoms with van der Waals surface area (Å²) in [6.07, 6.45) is 8.48. The summed E-state index contributed by atoms with van der Waals surface area (Å²) in [5.74, 6) is 1.91. The van der Waals surface area contributed by atoms with Gasteiger partial charge in [-0.15, -0.1) is 0 Å². The molecule has 0 aromatic carbocycles. The zero-order valence-corrected chi connectivity index (χ0v) is 10.2. The van der Waals surface area contributed by atoms with Gasteiger partial charge in [-0.1, -0.05) is 33.6 Å². The van der Waals surface area contributed by atoms with Crippen molar-refractivity contribution >= 4 is 0 Å². The second-order valence-electron chi connectivity index (χ2n) is 5.30. The lowest BCUT2D eigenvalue weighted by molar-refractivity contribution is 0.417. The quantitative estimate of drug-likeness (QED) is 0.686. The Morgan fingerprint density at radius 3 is 2.71 bits per heavy atom. The first-order valence-electron chi connectivity index (χ1n) is 6.45. The first-order chi connectivity index (χ1) is 6.72. The van der Waals surface area contributed by atoms with Crippen molar-refractivity contribution in [3.05, 3.63) is 0 Å². The summed E-state index contributed by atoms with van der Waals surface area (Å²) >= 11 is 0. The minimum atomic E-state index is 0.840. The molecule has 0 saturated heterocycles. The van der Waals surface area contributed by atoms with Gasteiger partial charge in [0, 0.05) is 6.04 Å². The third-order valence-corrected chi connectivity index (χ3v) is 3.38. The van der Waals surface area contributed by atoms with Gasteiger partial charge in [0.25, 0.3) is 0 Å². The Hall–Kier alpha value is -0.0400. The minimum Gasteiger partial charge on any atom is -0.314 e. The van der Waals surface area contributed by atoms with Gasteiger partial charge in [-0.3, -0.25) is 0 Å². The standard InChI is InChI=1S/C13H27N/c1-4-9-14-13-8-7-12(10-13)6-5-11(2)3/h11-14H,4-10H2,1-3H3. The molecule has 0 aromatic rings. The minimum absolute atomic E-state index is 0.840. The molecule has 0 amide bonds. The molecule has 14 heavy (non-hydrogen) atoms. The van der Waals surface area contributed by atoms with E-state index in [4.69, 9.17) is 0 Å². The number of hydrogen-bond donors (Lipinski definition) is 1. The normalized spacial score (nSPS) is 27.4. The van der Waals surface area contributed by atoms with Crippen molar-refractivity contribution in [2.75, 3.05) is 6.54 Å². The van der Waals surface area contributed by atoms with Crippen molar-refractivity contribution in [1.82, 2.24) is 5.32 Å². The second-order valence-corrected chi connectivity index (χ2v) is 5.30. The van der Waals surface area contributed by atoms with Gasteiger partial charge in [0.1, 0.15) is 0 Å². The lowest BCUT2D eigenvalue weighted by atomic mass is 9.96. The number of nitrogens with one attached hydrogen (secondary N) is 1. The van der Waals surface area contributed by atoms with Crippen molar-refractivity contribution in [2.45, 2.75) is 65.3 Å². The summed E-state index contributed by atoms with van der Waals surface area (Å²) in [6.45, 7) is 8.13. The van der Waals surface area contributed by atoms with Gasteiger partial charge in [-0.25, -0.2) is 0 Å². The van der Waals surface area contributed by atoms with Gasteiger partial charge >= 0.3 is 0 Å². The molecular formula is C13H27N. The third kappa shape index (κ3) is 4.45. The van der Waals surface area contributed by atoms with Crippen LogP contribution in [0, 0.1) is 11.8 Å². The van der Waals surface area contributed by atoms with Gasteiger partial charge in [0.15, 0.2) is 0 Å². The monoisotopic (exact) mass is 197 g/mol. The van der Waals surface area contributed by atoms with E-state index in [1.54, 1.807) is 0 Å². The van der Waals surface area contributed by atoms with Gasteiger partial charge in [0.2, 0.25) is 0 Å². The van der Waals surface area contributed by atoms with Crippen LogP contribution in [0.5, 0.6) is 0 Å². The molecule has 1 saturated carbocycles. The van der Waals surface area contributed by atoms with Crippen molar-refractivity contribution < 1.29 is 0 Å². The van der Waals surface area contributed by atoms with Gasteiger partial charge in [0.05, 0.1) is 0 Å². The lowest BCUT2D eigenvalue weighted by Crippen LogP contribution is -2.27. The highest BCUT2D eigenvalue weighted by atomic mass is 14.9. The molecule has 0 aromatic heterocycles. The zero-order valence-electron chi connectivity index (χ0n) is 10.2. The van der Waals surface area contributed by atoms with E-state index in [0.29, 0.717) is 0 Å². The molecule has 1 aliphatic carbocycles. The maximum atomic E-state index is 3.65. The number of hydrogen-bond acceptors (Lipinski definition) is 1. The maximum Gasteiger partial charge on any atom is 0.00698 e. The predicted molar refractivity (Wildman–Crippen MR) is 63.5 cm³/mol. The van der Waals surface area contributed by atoms with Crippen LogP contribution < -0.4 is 5.32 Å². The van der Waals surface area contributed by atoms with Crippen molar-refractivity contribution in [3.8, 4) is 0 Å². The first kappa shape index (κ1) is 12.0. The van der Waals surface area contributed by atoms with E-state index in [-0.39, 0.29) is 0 Å². The van der Waals surface area contributed by atoms with Crippen LogP contribution in [-0.4, -0.2) is 12.6 Å². The molecule has 0 heterocycles. The Bertz CT molecular complexity index is 142. The molecule has 0 spiro atoms. The highest BCUT2D eigenvalue weighted by molar-refractivity contribution is 4.80. The molecular weight excluding hydrogens is 170 g/mol. The van der Waals surface area contributed by atoms with Crippen LogP contribution in [0.4, 0.5) is 0 Å². The predicted octanol–water partition coefficient (Wildman–Crippen LogP) is 3.59. The fraction of sp³-hybridized carbons (Fsp3) is 1.00. The molecule has 1 heteroatoms. The van der Waals surface area contributed by atoms with Crippen LogP contribution in [-0.2, 0) is 0 Å². The molecule has 0 bridgehead atoms. The highest BCUT2D eigenvalue weighted by Crippen LogP contribution is 2.30. The Balaban J connectivity index is 2.08. The van der Waals surface area contributed by atoms with E-state index >= 15 is 0 Å². The van der Waals surface area contributed by atoms with Gasteiger partial charge < -0.3 is 5.32 Å². The van der Waals surface area contributed by atoms with E-state index < -0.39 is 0 Å². The first-order valence-corrected chi connectivity index (χ1v) is 6.45. The van der Waals surface area contributed by atoms with E-state index in [1.165, 1.54) is 45.1 Å². The summed E-state index contributed by atoms with van der Waals surface area (Å²) in [5, 5.41) is 3.65. The topological polar surface area (TPSA) is 12.0 Å². The fourth-order valence-electron chi connectivity index (χ4n) is 2.44. The molecule has 0 aliphatic heterocycles. The molecule has 1 aliphatic rings. The van der Waals surface area contributed by atoms with Crippen molar-refractivity contribution in [3.63, 3.8) is 0 Å². The van der Waals surface area contributed by atoms with E-state index in [9.17, 15) is 0 Å². The van der Waals surface area contributed by atoms with Crippen LogP contribution in [0.2, 0.25) is 0 Å². The third-order valence-electron chi connectivity index (χ3n) is 3.38. The Morgan fingerprint density at radius 1 is 1.29 bits per heavy atom. The molecule has 1 N–H and O–H groups in total. The van der Waals surface area contributed by atoms with Gasteiger partial charge in [-0.2, -0.15) is 0 Å². The Morgan fingerprint density at radius 2 is 2.07 bits per heavy atom. The average Bonchev–Trinajstić information content (AvgIpc) is 2.59. The van der Waals surface area contributed by atoms with Crippen LogP contribution in [0.1, 0.15) is 59.3 Å². The molecule has 84 valence electrons. The number of rotatable bonds is 6. The molecule has 0 radical (unpaired) electrons. The van der Waals surface area contributed by atoms with Crippen LogP contribution in [0.15, 0.2) is 0 Å². The fourth-order valence-corrected chi connectivity index (χ4v) is 2.44. The molecule has 1 fully saturated rings. The second kappa shape index (κ2) is 6.44. The Kier molecular flexibility index (Phi) is 5.54. The lowest BCUT2D eigenvalue weighted by Gasteiger charge is -2.13. The van der Waals surface area contributed by atoms with E-state index in [0.717, 1.165) is 17.9 Å². The summed E-state index contributed by atoms with van der Waals surface area (Å²) in [6, 6.07) is 0.840. The van der Waals surface area contributed by atoms with Crippen molar-refractivity contribution in [1.29, 1.82) is 0 Å². The summed E-state index contributed by atoms with van der Waals surface area (Å²) < 4.78 is 0. The molecule has 1 rings (SSSR count). The maximum absolute atomic E-state index is 3.65. The van der Waals surface area contributed by atoms with E-state index in [1.807, 2.05) is 0 Å². The average molecular weight is 197 g/mol. The van der Waals surface area contributed by atoms with Crippen molar-refractivity contribution in [2.24, 2.45) is 11.8 Å². The smallest absolute Gasteiger partial charge is 0.00698 e. The van der Waals surface area contributed by atoms with Crippen LogP contribution in [0.3, 0.4) is 0 Å². The zero-order chi connectivity index (χ0) is 10.4. The van der Waals surface area contributed by atoms with Crippen LogP contribution in [0.25, 0.3) is 0 Å². The SMILES string of the molecule is CCCNC1CCC(CCC(C)C)C1. The molecule has 2 atom stereocenters. The van der Waals surface area contributed by atoms with E-state index in [2.05, 4.69) is 26.1 Å². The highest BCUT2D eigenvalue weighted by Gasteiger charge is 2.23. The van der Waals surface area contributed by atoms with Crippen LogP contribution >= 0.6 is 0 Å². The largest absolute Gasteiger partial charge is 0.314 e. The molecule has 2 unspecified atom stereocenters. The Labute approximate surface area is 89.7 Å². The molecule has 1 nitrogen and oxygen atoms in total. The summed E-state index contributed by atoms with van der Waals surface area (Å²) in [5.41, 5.74) is 0. The van der Waals surface area contributed by atoms with Gasteiger partial charge in [-0.05, 0) is 44.1 Å². The summed E-state index contributed by atoms with van der Waals surface area (Å²) in [4.78, 5) is 0.